The van der Waals surface area contributed by atoms with E-state index in [2.05, 4.69) is 15.4 Å². The van der Waals surface area contributed by atoms with E-state index in [0.29, 0.717) is 6.42 Å². The Labute approximate surface area is 106 Å². The molecular weight excluding hydrogens is 240 g/mol. The summed E-state index contributed by atoms with van der Waals surface area (Å²) < 4.78 is 4.68. The summed E-state index contributed by atoms with van der Waals surface area (Å²) in [7, 11) is 1.27. The molecule has 0 heterocycles. The number of carbonyl (C=O) groups excluding carboxylic acids is 1. The number of carboxylic acids is 1. The van der Waals surface area contributed by atoms with Gasteiger partial charge in [0.2, 0.25) is 0 Å². The van der Waals surface area contributed by atoms with E-state index in [1.807, 2.05) is 0 Å². The van der Waals surface area contributed by atoms with E-state index in [4.69, 9.17) is 5.11 Å². The highest BCUT2D eigenvalue weighted by Crippen LogP contribution is 2.18. The molecule has 0 aliphatic heterocycles. The Hall–Kier alpha value is -1.34. The molecule has 1 saturated carbocycles. The van der Waals surface area contributed by atoms with Crippen molar-refractivity contribution >= 4 is 12.0 Å². The SMILES string of the molecule is COC(CNC(=O)NC1CCCCC1O)C(=O)O. The molecule has 0 aromatic heterocycles. The third kappa shape index (κ3) is 4.50. The van der Waals surface area contributed by atoms with Gasteiger partial charge in [-0.3, -0.25) is 0 Å². The molecule has 3 unspecified atom stereocenters. The lowest BCUT2D eigenvalue weighted by atomic mass is 9.93. The van der Waals surface area contributed by atoms with Crippen molar-refractivity contribution in [3.63, 3.8) is 0 Å². The number of rotatable bonds is 5. The average molecular weight is 260 g/mol. The average Bonchev–Trinajstić information content (AvgIpc) is 2.32. The summed E-state index contributed by atoms with van der Waals surface area (Å²) in [5.41, 5.74) is 0. The first kappa shape index (κ1) is 14.7. The van der Waals surface area contributed by atoms with Gasteiger partial charge in [0.1, 0.15) is 0 Å². The first-order chi connectivity index (χ1) is 8.54. The van der Waals surface area contributed by atoms with Crippen LogP contribution in [0.25, 0.3) is 0 Å². The molecule has 2 amide bonds. The normalized spacial score (nSPS) is 25.2. The van der Waals surface area contributed by atoms with Gasteiger partial charge in [0.05, 0.1) is 18.7 Å². The number of nitrogens with one attached hydrogen (secondary N) is 2. The maximum absolute atomic E-state index is 11.5. The minimum Gasteiger partial charge on any atom is -0.479 e. The van der Waals surface area contributed by atoms with Gasteiger partial charge in [-0.05, 0) is 12.8 Å². The minimum absolute atomic E-state index is 0.111. The smallest absolute Gasteiger partial charge is 0.334 e. The maximum Gasteiger partial charge on any atom is 0.334 e. The second kappa shape index (κ2) is 7.17. The van der Waals surface area contributed by atoms with Crippen LogP contribution in [0.2, 0.25) is 0 Å². The number of aliphatic hydroxyl groups is 1. The van der Waals surface area contributed by atoms with Crippen molar-refractivity contribution in [3.8, 4) is 0 Å². The molecule has 0 aromatic carbocycles. The molecule has 0 aromatic rings. The fourth-order valence-corrected chi connectivity index (χ4v) is 1.96. The summed E-state index contributed by atoms with van der Waals surface area (Å²) in [5, 5.41) is 23.4. The lowest BCUT2D eigenvalue weighted by Gasteiger charge is -2.28. The summed E-state index contributed by atoms with van der Waals surface area (Å²) in [4.78, 5) is 22.2. The second-order valence-electron chi connectivity index (χ2n) is 4.38. The largest absolute Gasteiger partial charge is 0.479 e. The van der Waals surface area contributed by atoms with Gasteiger partial charge in [-0.25, -0.2) is 9.59 Å². The van der Waals surface area contributed by atoms with Crippen molar-refractivity contribution < 1.29 is 24.5 Å². The molecular formula is C11H20N2O5. The quantitative estimate of drug-likeness (QED) is 0.542. The first-order valence-corrected chi connectivity index (χ1v) is 6.02. The number of carboxylic acid groups (broad SMARTS) is 1. The Morgan fingerprint density at radius 2 is 2.06 bits per heavy atom. The van der Waals surface area contributed by atoms with Gasteiger partial charge in [-0.1, -0.05) is 12.8 Å². The van der Waals surface area contributed by atoms with Crippen LogP contribution in [0.4, 0.5) is 4.79 Å². The van der Waals surface area contributed by atoms with Crippen molar-refractivity contribution in [2.45, 2.75) is 43.9 Å². The molecule has 3 atom stereocenters. The number of carbonyl (C=O) groups is 2. The molecule has 1 aliphatic carbocycles. The Balaban J connectivity index is 2.30. The van der Waals surface area contributed by atoms with Gasteiger partial charge in [-0.15, -0.1) is 0 Å². The number of aliphatic carboxylic acids is 1. The summed E-state index contributed by atoms with van der Waals surface area (Å²) in [6.45, 7) is -0.111. The van der Waals surface area contributed by atoms with E-state index in [1.165, 1.54) is 7.11 Å². The van der Waals surface area contributed by atoms with Crippen molar-refractivity contribution in [1.29, 1.82) is 0 Å². The highest BCUT2D eigenvalue weighted by molar-refractivity contribution is 5.77. The van der Waals surface area contributed by atoms with Gasteiger partial charge in [0, 0.05) is 7.11 Å². The van der Waals surface area contributed by atoms with Crippen LogP contribution in [0.1, 0.15) is 25.7 Å². The van der Waals surface area contributed by atoms with Gasteiger partial charge in [-0.2, -0.15) is 0 Å². The predicted octanol–water partition coefficient (Wildman–Crippen LogP) is -0.311. The standard InChI is InChI=1S/C11H20N2O5/c1-18-9(10(15)16)6-12-11(17)13-7-4-2-3-5-8(7)14/h7-9,14H,2-6H2,1H3,(H,15,16)(H2,12,13,17). The molecule has 0 spiro atoms. The van der Waals surface area contributed by atoms with E-state index in [1.54, 1.807) is 0 Å². The van der Waals surface area contributed by atoms with E-state index in [-0.39, 0.29) is 12.6 Å². The van der Waals surface area contributed by atoms with Crippen molar-refractivity contribution in [2.24, 2.45) is 0 Å². The van der Waals surface area contributed by atoms with Crippen LogP contribution in [0, 0.1) is 0 Å². The molecule has 7 nitrogen and oxygen atoms in total. The van der Waals surface area contributed by atoms with E-state index < -0.39 is 24.2 Å². The van der Waals surface area contributed by atoms with Crippen molar-refractivity contribution in [2.75, 3.05) is 13.7 Å². The number of hydrogen-bond donors (Lipinski definition) is 4. The van der Waals surface area contributed by atoms with E-state index >= 15 is 0 Å². The highest BCUT2D eigenvalue weighted by Gasteiger charge is 2.25. The monoisotopic (exact) mass is 260 g/mol. The van der Waals surface area contributed by atoms with E-state index in [9.17, 15) is 14.7 Å². The maximum atomic E-state index is 11.5. The van der Waals surface area contributed by atoms with Gasteiger partial charge in [0.25, 0.3) is 0 Å². The number of urea groups is 1. The zero-order chi connectivity index (χ0) is 13.5. The molecule has 1 fully saturated rings. The highest BCUT2D eigenvalue weighted by atomic mass is 16.5. The summed E-state index contributed by atoms with van der Waals surface area (Å²) >= 11 is 0. The third-order valence-electron chi connectivity index (χ3n) is 3.05. The Morgan fingerprint density at radius 3 is 2.61 bits per heavy atom. The summed E-state index contributed by atoms with van der Waals surface area (Å²) in [6, 6.07) is -0.742. The summed E-state index contributed by atoms with van der Waals surface area (Å²) in [6.07, 6.45) is 1.76. The van der Waals surface area contributed by atoms with Crippen LogP contribution in [-0.2, 0) is 9.53 Å². The van der Waals surface area contributed by atoms with Gasteiger partial charge >= 0.3 is 12.0 Å². The molecule has 1 aliphatic rings. The topological polar surface area (TPSA) is 108 Å². The van der Waals surface area contributed by atoms with Crippen LogP contribution < -0.4 is 10.6 Å². The lowest BCUT2D eigenvalue weighted by molar-refractivity contribution is -0.147. The number of aliphatic hydroxyl groups excluding tert-OH is 1. The molecule has 1 rings (SSSR count). The molecule has 4 N–H and O–H groups in total. The predicted molar refractivity (Wildman–Crippen MR) is 63.2 cm³/mol. The first-order valence-electron chi connectivity index (χ1n) is 6.02. The molecule has 0 saturated heterocycles. The molecule has 18 heavy (non-hydrogen) atoms. The van der Waals surface area contributed by atoms with Crippen LogP contribution >= 0.6 is 0 Å². The lowest BCUT2D eigenvalue weighted by Crippen LogP contribution is -2.50. The van der Waals surface area contributed by atoms with Crippen LogP contribution in [0.15, 0.2) is 0 Å². The van der Waals surface area contributed by atoms with Crippen molar-refractivity contribution in [1.82, 2.24) is 10.6 Å². The van der Waals surface area contributed by atoms with Crippen molar-refractivity contribution in [3.05, 3.63) is 0 Å². The van der Waals surface area contributed by atoms with Gasteiger partial charge < -0.3 is 25.6 Å². The number of amides is 2. The fraction of sp³-hybridized carbons (Fsp3) is 0.818. The molecule has 0 radical (unpaired) electrons. The van der Waals surface area contributed by atoms with E-state index in [0.717, 1.165) is 19.3 Å². The second-order valence-corrected chi connectivity index (χ2v) is 4.38. The van der Waals surface area contributed by atoms with Crippen LogP contribution in [0.5, 0.6) is 0 Å². The Morgan fingerprint density at radius 1 is 1.39 bits per heavy atom. The molecule has 104 valence electrons. The Bertz CT molecular complexity index is 297. The summed E-state index contributed by atoms with van der Waals surface area (Å²) in [5.74, 6) is -1.13. The van der Waals surface area contributed by atoms with Crippen LogP contribution in [-0.4, -0.2) is 54.1 Å². The van der Waals surface area contributed by atoms with Crippen LogP contribution in [0.3, 0.4) is 0 Å². The fourth-order valence-electron chi connectivity index (χ4n) is 1.96. The molecule has 7 heteroatoms. The number of hydrogen-bond acceptors (Lipinski definition) is 4. The van der Waals surface area contributed by atoms with Gasteiger partial charge in [0.15, 0.2) is 6.10 Å². The number of methoxy groups -OCH3 is 1. The zero-order valence-corrected chi connectivity index (χ0v) is 10.4. The number of ether oxygens (including phenoxy) is 1. The Kier molecular flexibility index (Phi) is 5.87. The molecule has 0 bridgehead atoms. The minimum atomic E-state index is -1.13. The third-order valence-corrected chi connectivity index (χ3v) is 3.05. The zero-order valence-electron chi connectivity index (χ0n) is 10.4.